The number of aromatic nitrogens is 1. The van der Waals surface area contributed by atoms with Gasteiger partial charge in [-0.15, -0.1) is 0 Å². The van der Waals surface area contributed by atoms with Crippen molar-refractivity contribution in [3.8, 4) is 0 Å². The second-order valence-corrected chi connectivity index (χ2v) is 5.64. The van der Waals surface area contributed by atoms with Gasteiger partial charge in [-0.3, -0.25) is 4.79 Å². The molecule has 2 heterocycles. The number of ether oxygens (including phenoxy) is 1. The minimum atomic E-state index is -0.101. The molecule has 3 rings (SSSR count). The second kappa shape index (κ2) is 4.83. The predicted octanol–water partition coefficient (Wildman–Crippen LogP) is 1.82. The van der Waals surface area contributed by atoms with Crippen LogP contribution in [0.3, 0.4) is 0 Å². The lowest BCUT2D eigenvalue weighted by Crippen LogP contribution is -2.25. The van der Waals surface area contributed by atoms with Gasteiger partial charge < -0.3 is 9.64 Å². The number of aryl methyl sites for hydroxylation is 2. The van der Waals surface area contributed by atoms with E-state index in [0.717, 1.165) is 31.7 Å². The third-order valence-electron chi connectivity index (χ3n) is 4.35. The highest BCUT2D eigenvalue weighted by atomic mass is 16.5. The van der Waals surface area contributed by atoms with Crippen LogP contribution < -0.4 is 4.90 Å². The largest absolute Gasteiger partial charge is 0.469 e. The minimum absolute atomic E-state index is 0.0277. The van der Waals surface area contributed by atoms with E-state index in [0.29, 0.717) is 5.92 Å². The van der Waals surface area contributed by atoms with Crippen LogP contribution in [-0.2, 0) is 22.4 Å². The number of esters is 1. The van der Waals surface area contributed by atoms with Crippen LogP contribution in [0.25, 0.3) is 0 Å². The van der Waals surface area contributed by atoms with Crippen LogP contribution in [0.4, 0.5) is 5.82 Å². The van der Waals surface area contributed by atoms with E-state index in [4.69, 9.17) is 9.72 Å². The molecular weight excluding hydrogens is 240 g/mol. The molecule has 2 atom stereocenters. The van der Waals surface area contributed by atoms with Gasteiger partial charge in [0.1, 0.15) is 5.82 Å². The van der Waals surface area contributed by atoms with Crippen molar-refractivity contribution < 1.29 is 9.53 Å². The van der Waals surface area contributed by atoms with Gasteiger partial charge in [-0.05, 0) is 36.8 Å². The number of rotatable bonds is 2. The van der Waals surface area contributed by atoms with Crippen molar-refractivity contribution in [2.24, 2.45) is 11.8 Å². The van der Waals surface area contributed by atoms with Crippen molar-refractivity contribution >= 4 is 11.8 Å². The molecule has 4 nitrogen and oxygen atoms in total. The highest BCUT2D eigenvalue weighted by Crippen LogP contribution is 2.30. The van der Waals surface area contributed by atoms with E-state index in [1.54, 1.807) is 0 Å². The van der Waals surface area contributed by atoms with Crippen LogP contribution >= 0.6 is 0 Å². The summed E-state index contributed by atoms with van der Waals surface area (Å²) >= 11 is 0. The number of nitrogens with zero attached hydrogens (tertiary/aromatic N) is 2. The molecule has 0 bridgehead atoms. The van der Waals surface area contributed by atoms with E-state index in [-0.39, 0.29) is 11.9 Å². The van der Waals surface area contributed by atoms with E-state index in [9.17, 15) is 4.79 Å². The van der Waals surface area contributed by atoms with Gasteiger partial charge >= 0.3 is 5.97 Å². The first-order valence-corrected chi connectivity index (χ1v) is 7.00. The van der Waals surface area contributed by atoms with Crippen LogP contribution in [0.15, 0.2) is 12.1 Å². The minimum Gasteiger partial charge on any atom is -0.469 e. The van der Waals surface area contributed by atoms with Crippen LogP contribution in [-0.4, -0.2) is 31.2 Å². The number of pyridine rings is 1. The highest BCUT2D eigenvalue weighted by Gasteiger charge is 2.36. The maximum absolute atomic E-state index is 11.7. The van der Waals surface area contributed by atoms with E-state index in [2.05, 4.69) is 24.0 Å². The zero-order valence-corrected chi connectivity index (χ0v) is 11.6. The van der Waals surface area contributed by atoms with Crippen molar-refractivity contribution in [2.45, 2.75) is 26.2 Å². The number of carbonyl (C=O) groups excluding carboxylic acids is 1. The molecule has 0 radical (unpaired) electrons. The van der Waals surface area contributed by atoms with Crippen molar-refractivity contribution in [1.29, 1.82) is 0 Å². The molecule has 2 unspecified atom stereocenters. The Kier molecular flexibility index (Phi) is 3.17. The van der Waals surface area contributed by atoms with Crippen molar-refractivity contribution in [3.63, 3.8) is 0 Å². The normalized spacial score (nSPS) is 25.5. The summed E-state index contributed by atoms with van der Waals surface area (Å²) in [5.41, 5.74) is 2.63. The van der Waals surface area contributed by atoms with Gasteiger partial charge in [-0.1, -0.05) is 13.0 Å². The summed E-state index contributed by atoms with van der Waals surface area (Å²) in [5.74, 6) is 1.21. The summed E-state index contributed by atoms with van der Waals surface area (Å²) in [6.45, 7) is 3.71. The molecule has 1 fully saturated rings. The number of anilines is 1. The van der Waals surface area contributed by atoms with Crippen LogP contribution in [0, 0.1) is 11.8 Å². The lowest BCUT2D eigenvalue weighted by Gasteiger charge is -2.18. The Hall–Kier alpha value is -1.58. The molecule has 4 heteroatoms. The van der Waals surface area contributed by atoms with E-state index in [1.807, 2.05) is 0 Å². The number of methoxy groups -OCH3 is 1. The van der Waals surface area contributed by atoms with E-state index >= 15 is 0 Å². The number of carbonyl (C=O) groups is 1. The monoisotopic (exact) mass is 260 g/mol. The molecule has 0 aromatic carbocycles. The standard InChI is InChI=1S/C15H20N2O2/c1-10-8-17(9-12(10)15(18)19-2)14-7-6-11-4-3-5-13(11)16-14/h6-7,10,12H,3-5,8-9H2,1-2H3. The first-order chi connectivity index (χ1) is 9.19. The number of hydrogen-bond acceptors (Lipinski definition) is 4. The summed E-state index contributed by atoms with van der Waals surface area (Å²) in [6, 6.07) is 4.29. The van der Waals surface area contributed by atoms with Gasteiger partial charge in [0, 0.05) is 18.8 Å². The van der Waals surface area contributed by atoms with E-state index < -0.39 is 0 Å². The van der Waals surface area contributed by atoms with Gasteiger partial charge in [-0.2, -0.15) is 0 Å². The van der Waals surface area contributed by atoms with E-state index in [1.165, 1.54) is 24.8 Å². The topological polar surface area (TPSA) is 42.4 Å². The summed E-state index contributed by atoms with van der Waals surface area (Å²) < 4.78 is 4.88. The Bertz CT molecular complexity index is 501. The molecule has 1 aromatic heterocycles. The smallest absolute Gasteiger partial charge is 0.310 e. The molecule has 102 valence electrons. The highest BCUT2D eigenvalue weighted by molar-refractivity contribution is 5.74. The van der Waals surface area contributed by atoms with Gasteiger partial charge in [0.25, 0.3) is 0 Å². The fourth-order valence-corrected chi connectivity index (χ4v) is 3.20. The molecule has 1 aliphatic heterocycles. The average molecular weight is 260 g/mol. The van der Waals surface area contributed by atoms with Crippen LogP contribution in [0.1, 0.15) is 24.6 Å². The third-order valence-corrected chi connectivity index (χ3v) is 4.35. The molecule has 0 spiro atoms. The first-order valence-electron chi connectivity index (χ1n) is 7.00. The zero-order valence-electron chi connectivity index (χ0n) is 11.6. The summed E-state index contributed by atoms with van der Waals surface area (Å²) in [6.07, 6.45) is 3.46. The van der Waals surface area contributed by atoms with Gasteiger partial charge in [0.05, 0.1) is 13.0 Å². The maximum Gasteiger partial charge on any atom is 0.310 e. The molecule has 1 aromatic rings. The van der Waals surface area contributed by atoms with Gasteiger partial charge in [0.2, 0.25) is 0 Å². The predicted molar refractivity (Wildman–Crippen MR) is 73.1 cm³/mol. The average Bonchev–Trinajstić information content (AvgIpc) is 3.03. The Morgan fingerprint density at radius 3 is 3.00 bits per heavy atom. The zero-order chi connectivity index (χ0) is 13.4. The Morgan fingerprint density at radius 2 is 2.21 bits per heavy atom. The molecular formula is C15H20N2O2. The Balaban J connectivity index is 1.79. The lowest BCUT2D eigenvalue weighted by atomic mass is 9.99. The second-order valence-electron chi connectivity index (χ2n) is 5.64. The lowest BCUT2D eigenvalue weighted by molar-refractivity contribution is -0.145. The molecule has 0 saturated carbocycles. The number of fused-ring (bicyclic) bond motifs is 1. The Morgan fingerprint density at radius 1 is 1.37 bits per heavy atom. The summed E-state index contributed by atoms with van der Waals surface area (Å²) in [5, 5.41) is 0. The molecule has 1 saturated heterocycles. The fourth-order valence-electron chi connectivity index (χ4n) is 3.20. The Labute approximate surface area is 113 Å². The molecule has 0 N–H and O–H groups in total. The van der Waals surface area contributed by atoms with Gasteiger partial charge in [-0.25, -0.2) is 4.98 Å². The quantitative estimate of drug-likeness (QED) is 0.761. The van der Waals surface area contributed by atoms with Crippen molar-refractivity contribution in [1.82, 2.24) is 4.98 Å². The molecule has 0 amide bonds. The van der Waals surface area contributed by atoms with Crippen molar-refractivity contribution in [3.05, 3.63) is 23.4 Å². The molecule has 1 aliphatic carbocycles. The number of hydrogen-bond donors (Lipinski definition) is 0. The van der Waals surface area contributed by atoms with Crippen LogP contribution in [0.2, 0.25) is 0 Å². The first kappa shape index (κ1) is 12.5. The SMILES string of the molecule is COC(=O)C1CN(c2ccc3c(n2)CCC3)CC1C. The molecule has 2 aliphatic rings. The summed E-state index contributed by atoms with van der Waals surface area (Å²) in [7, 11) is 1.46. The molecule has 19 heavy (non-hydrogen) atoms. The fraction of sp³-hybridized carbons (Fsp3) is 0.600. The summed E-state index contributed by atoms with van der Waals surface area (Å²) in [4.78, 5) is 18.7. The third kappa shape index (κ3) is 2.20. The maximum atomic E-state index is 11.7. The van der Waals surface area contributed by atoms with Crippen molar-refractivity contribution in [2.75, 3.05) is 25.1 Å². The van der Waals surface area contributed by atoms with Gasteiger partial charge in [0.15, 0.2) is 0 Å². The van der Waals surface area contributed by atoms with Crippen LogP contribution in [0.5, 0.6) is 0 Å².